The number of aromatic nitrogens is 2. The van der Waals surface area contributed by atoms with E-state index in [4.69, 9.17) is 18.9 Å². The van der Waals surface area contributed by atoms with Crippen LogP contribution in [0.1, 0.15) is 23.7 Å². The smallest absolute Gasteiger partial charge is 0.338 e. The average molecular weight is 490 g/mol. The van der Waals surface area contributed by atoms with Gasteiger partial charge in [0.2, 0.25) is 0 Å². The Labute approximate surface area is 208 Å². The Morgan fingerprint density at radius 1 is 0.917 bits per heavy atom. The highest BCUT2D eigenvalue weighted by Gasteiger charge is 2.23. The maximum absolute atomic E-state index is 12.9. The average Bonchev–Trinajstić information content (AvgIpc) is 3.35. The number of imidazole rings is 1. The number of methoxy groups -OCH3 is 3. The molecule has 1 atom stereocenters. The number of amides is 1. The molecule has 2 N–H and O–H groups in total. The van der Waals surface area contributed by atoms with E-state index in [1.165, 1.54) is 7.11 Å². The summed E-state index contributed by atoms with van der Waals surface area (Å²) in [6, 6.07) is 17.5. The van der Waals surface area contributed by atoms with Crippen LogP contribution in [0, 0.1) is 0 Å². The fourth-order valence-corrected chi connectivity index (χ4v) is 3.66. The molecule has 0 aliphatic heterocycles. The van der Waals surface area contributed by atoms with Crippen molar-refractivity contribution in [1.29, 1.82) is 0 Å². The van der Waals surface area contributed by atoms with E-state index in [1.807, 2.05) is 24.3 Å². The quantitative estimate of drug-likeness (QED) is 0.324. The van der Waals surface area contributed by atoms with Crippen molar-refractivity contribution >= 4 is 28.6 Å². The molecule has 1 heterocycles. The Hall–Kier alpha value is -4.53. The first-order valence-electron chi connectivity index (χ1n) is 11.3. The third-order valence-corrected chi connectivity index (χ3v) is 5.66. The summed E-state index contributed by atoms with van der Waals surface area (Å²) in [4.78, 5) is 33.5. The van der Waals surface area contributed by atoms with Gasteiger partial charge in [0.15, 0.2) is 6.10 Å². The van der Waals surface area contributed by atoms with Crippen LogP contribution in [-0.2, 0) is 9.53 Å². The fraction of sp³-hybridized carbons (Fsp3) is 0.222. The van der Waals surface area contributed by atoms with Crippen molar-refractivity contribution in [1.82, 2.24) is 9.97 Å². The van der Waals surface area contributed by atoms with Gasteiger partial charge in [-0.3, -0.25) is 4.79 Å². The zero-order chi connectivity index (χ0) is 25.7. The molecule has 0 radical (unpaired) electrons. The summed E-state index contributed by atoms with van der Waals surface area (Å²) in [5.74, 6) is 1.37. The summed E-state index contributed by atoms with van der Waals surface area (Å²) < 4.78 is 21.2. The maximum atomic E-state index is 12.9. The highest BCUT2D eigenvalue weighted by molar-refractivity contribution is 5.99. The zero-order valence-electron chi connectivity index (χ0n) is 20.5. The number of nitrogens with zero attached hydrogens (tertiary/aromatic N) is 1. The van der Waals surface area contributed by atoms with Crippen LogP contribution < -0.4 is 19.5 Å². The number of anilines is 1. The number of carbonyl (C=O) groups excluding carboxylic acids is 2. The van der Waals surface area contributed by atoms with E-state index < -0.39 is 18.0 Å². The van der Waals surface area contributed by atoms with Crippen LogP contribution >= 0.6 is 0 Å². The SMILES string of the molecule is CCC(OC(=O)c1ccc2nc(-c3ccc(OC)cc3)[nH]c2c1)C(=O)Nc1ccc(OC)cc1OC. The number of H-pyrrole nitrogens is 1. The molecule has 0 saturated heterocycles. The number of esters is 1. The van der Waals surface area contributed by atoms with Crippen LogP contribution in [0.5, 0.6) is 17.2 Å². The summed E-state index contributed by atoms with van der Waals surface area (Å²) in [5, 5.41) is 2.76. The standard InChI is InChI=1S/C27H27N3O6/c1-5-23(26(31)30-21-13-11-19(34-3)15-24(21)35-4)36-27(32)17-8-12-20-22(14-17)29-25(28-20)16-6-9-18(33-2)10-7-16/h6-15,23H,5H2,1-4H3,(H,28,29)(H,30,31). The van der Waals surface area contributed by atoms with Crippen molar-refractivity contribution in [2.45, 2.75) is 19.4 Å². The summed E-state index contributed by atoms with van der Waals surface area (Å²) in [6.45, 7) is 1.77. The molecule has 0 aliphatic carbocycles. The zero-order valence-corrected chi connectivity index (χ0v) is 20.5. The number of fused-ring (bicyclic) bond motifs is 1. The Kier molecular flexibility index (Phi) is 7.39. The molecular weight excluding hydrogens is 462 g/mol. The van der Waals surface area contributed by atoms with Crippen LogP contribution in [0.15, 0.2) is 60.7 Å². The van der Waals surface area contributed by atoms with Crippen LogP contribution in [0.2, 0.25) is 0 Å². The van der Waals surface area contributed by atoms with Gasteiger partial charge in [-0.05, 0) is 61.0 Å². The van der Waals surface area contributed by atoms with Crippen molar-refractivity contribution in [3.05, 3.63) is 66.2 Å². The first-order chi connectivity index (χ1) is 17.4. The second kappa shape index (κ2) is 10.8. The van der Waals surface area contributed by atoms with Crippen molar-refractivity contribution in [3.8, 4) is 28.6 Å². The van der Waals surface area contributed by atoms with Gasteiger partial charge in [0, 0.05) is 11.6 Å². The lowest BCUT2D eigenvalue weighted by atomic mass is 10.2. The monoisotopic (exact) mass is 489 g/mol. The van der Waals surface area contributed by atoms with E-state index in [9.17, 15) is 9.59 Å². The van der Waals surface area contributed by atoms with E-state index in [0.717, 1.165) is 11.3 Å². The van der Waals surface area contributed by atoms with E-state index >= 15 is 0 Å². The third-order valence-electron chi connectivity index (χ3n) is 5.66. The highest BCUT2D eigenvalue weighted by Crippen LogP contribution is 2.29. The first-order valence-corrected chi connectivity index (χ1v) is 11.3. The molecule has 0 spiro atoms. The molecule has 1 amide bonds. The van der Waals surface area contributed by atoms with Gasteiger partial charge < -0.3 is 29.2 Å². The molecule has 1 aromatic heterocycles. The van der Waals surface area contributed by atoms with E-state index in [0.29, 0.717) is 46.0 Å². The van der Waals surface area contributed by atoms with E-state index in [2.05, 4.69) is 15.3 Å². The predicted octanol–water partition coefficient (Wildman–Crippen LogP) is 4.83. The van der Waals surface area contributed by atoms with Crippen LogP contribution in [-0.4, -0.2) is 49.3 Å². The molecule has 4 rings (SSSR count). The molecule has 3 aromatic carbocycles. The van der Waals surface area contributed by atoms with Gasteiger partial charge >= 0.3 is 5.97 Å². The normalized spacial score (nSPS) is 11.6. The number of hydrogen-bond acceptors (Lipinski definition) is 7. The number of nitrogens with one attached hydrogen (secondary N) is 2. The second-order valence-electron chi connectivity index (χ2n) is 7.90. The Morgan fingerprint density at radius 2 is 1.64 bits per heavy atom. The fourth-order valence-electron chi connectivity index (χ4n) is 3.66. The number of carbonyl (C=O) groups is 2. The Balaban J connectivity index is 1.48. The van der Waals surface area contributed by atoms with Crippen LogP contribution in [0.3, 0.4) is 0 Å². The largest absolute Gasteiger partial charge is 0.497 e. The van der Waals surface area contributed by atoms with Gasteiger partial charge in [-0.1, -0.05) is 6.92 Å². The van der Waals surface area contributed by atoms with E-state index in [1.54, 1.807) is 57.5 Å². The summed E-state index contributed by atoms with van der Waals surface area (Å²) in [7, 11) is 4.65. The topological polar surface area (TPSA) is 112 Å². The summed E-state index contributed by atoms with van der Waals surface area (Å²) in [6.07, 6.45) is -0.694. The summed E-state index contributed by atoms with van der Waals surface area (Å²) in [5.41, 5.74) is 3.01. The molecule has 9 heteroatoms. The molecular formula is C27H27N3O6. The molecule has 9 nitrogen and oxygen atoms in total. The minimum Gasteiger partial charge on any atom is -0.497 e. The predicted molar refractivity (Wildman–Crippen MR) is 136 cm³/mol. The number of aromatic amines is 1. The van der Waals surface area contributed by atoms with Gasteiger partial charge in [-0.25, -0.2) is 9.78 Å². The molecule has 0 saturated carbocycles. The summed E-state index contributed by atoms with van der Waals surface area (Å²) >= 11 is 0. The Morgan fingerprint density at radius 3 is 2.31 bits per heavy atom. The minimum atomic E-state index is -0.989. The number of ether oxygens (including phenoxy) is 4. The molecule has 0 bridgehead atoms. The van der Waals surface area contributed by atoms with Gasteiger partial charge in [0.25, 0.3) is 5.91 Å². The lowest BCUT2D eigenvalue weighted by Crippen LogP contribution is -2.32. The molecule has 4 aromatic rings. The molecule has 186 valence electrons. The van der Waals surface area contributed by atoms with Crippen LogP contribution in [0.4, 0.5) is 5.69 Å². The number of benzene rings is 3. The third kappa shape index (κ3) is 5.25. The van der Waals surface area contributed by atoms with E-state index in [-0.39, 0.29) is 0 Å². The van der Waals surface area contributed by atoms with Crippen molar-refractivity contribution < 1.29 is 28.5 Å². The van der Waals surface area contributed by atoms with Crippen molar-refractivity contribution in [3.63, 3.8) is 0 Å². The van der Waals surface area contributed by atoms with Gasteiger partial charge in [0.1, 0.15) is 23.1 Å². The van der Waals surface area contributed by atoms with Gasteiger partial charge in [-0.2, -0.15) is 0 Å². The molecule has 1 unspecified atom stereocenters. The molecule has 0 aliphatic rings. The molecule has 0 fully saturated rings. The Bertz CT molecular complexity index is 1380. The first kappa shape index (κ1) is 24.6. The lowest BCUT2D eigenvalue weighted by Gasteiger charge is -2.17. The number of hydrogen-bond donors (Lipinski definition) is 2. The lowest BCUT2D eigenvalue weighted by molar-refractivity contribution is -0.124. The van der Waals surface area contributed by atoms with Crippen molar-refractivity contribution in [2.75, 3.05) is 26.6 Å². The minimum absolute atomic E-state index is 0.296. The number of rotatable bonds is 9. The second-order valence-corrected chi connectivity index (χ2v) is 7.90. The molecule has 36 heavy (non-hydrogen) atoms. The van der Waals surface area contributed by atoms with Crippen LogP contribution in [0.25, 0.3) is 22.4 Å². The van der Waals surface area contributed by atoms with Gasteiger partial charge in [0.05, 0.1) is 43.6 Å². The highest BCUT2D eigenvalue weighted by atomic mass is 16.5. The van der Waals surface area contributed by atoms with Gasteiger partial charge in [-0.15, -0.1) is 0 Å². The maximum Gasteiger partial charge on any atom is 0.338 e. The van der Waals surface area contributed by atoms with Crippen molar-refractivity contribution in [2.24, 2.45) is 0 Å².